The molecule has 2 aliphatic heterocycles. The van der Waals surface area contributed by atoms with Crippen LogP contribution in [0.4, 0.5) is 11.5 Å². The Balaban J connectivity index is 1.35. The lowest BCUT2D eigenvalue weighted by Gasteiger charge is -2.41. The Hall–Kier alpha value is -4.43. The summed E-state index contributed by atoms with van der Waals surface area (Å²) in [7, 11) is 5.94. The first-order valence-corrected chi connectivity index (χ1v) is 15.2. The van der Waals surface area contributed by atoms with E-state index in [1.54, 1.807) is 22.7 Å². The number of aromatic nitrogens is 3. The summed E-state index contributed by atoms with van der Waals surface area (Å²) < 4.78 is 7.97. The minimum atomic E-state index is -0.261. The predicted molar refractivity (Wildman–Crippen MR) is 171 cm³/mol. The van der Waals surface area contributed by atoms with Crippen LogP contribution in [0, 0.1) is 12.0 Å². The number of rotatable bonds is 9. The van der Waals surface area contributed by atoms with Gasteiger partial charge in [0.05, 0.1) is 29.9 Å². The van der Waals surface area contributed by atoms with Crippen molar-refractivity contribution in [2.75, 3.05) is 69.8 Å². The van der Waals surface area contributed by atoms with Crippen molar-refractivity contribution >= 4 is 28.2 Å². The molecule has 44 heavy (non-hydrogen) atoms. The van der Waals surface area contributed by atoms with Crippen LogP contribution in [0.2, 0.25) is 0 Å². The van der Waals surface area contributed by atoms with Gasteiger partial charge < -0.3 is 33.7 Å². The van der Waals surface area contributed by atoms with Crippen LogP contribution < -0.4 is 20.1 Å². The van der Waals surface area contributed by atoms with Gasteiger partial charge in [-0.05, 0) is 57.0 Å². The van der Waals surface area contributed by atoms with Crippen LogP contribution in [0.25, 0.3) is 15.6 Å². The monoisotopic (exact) mass is 596 g/mol. The minimum Gasteiger partial charge on any atom is -0.463 e. The Morgan fingerprint density at radius 3 is 2.75 bits per heavy atom. The molecule has 1 amide bonds. The summed E-state index contributed by atoms with van der Waals surface area (Å²) in [5, 5.41) is 1.62. The maximum Gasteiger partial charge on any atom is 0.318 e. The standard InChI is InChI=1S/C33H40N8O3/c1-6-28(42)41-17-16-40(19-24(41)18-34-2)30-25-11-15-39(27-9-7-8-23-10-14-38(5)31(43)29(23)27)20-26(25)35-32(36-30)44-22-33(12-13-33)21-37(3)4/h6-10,14,24H,1,11-13,15-22H2,3-5H3. The number of carbonyl (C=O) groups is 1. The molecule has 1 saturated heterocycles. The van der Waals surface area contributed by atoms with Gasteiger partial charge in [-0.2, -0.15) is 9.97 Å². The highest BCUT2D eigenvalue weighted by molar-refractivity contribution is 5.93. The normalized spacial score (nSPS) is 19.1. The molecule has 1 saturated carbocycles. The van der Waals surface area contributed by atoms with Gasteiger partial charge in [0, 0.05) is 56.9 Å². The first-order valence-electron chi connectivity index (χ1n) is 15.2. The van der Waals surface area contributed by atoms with Gasteiger partial charge in [0.25, 0.3) is 5.56 Å². The summed E-state index contributed by atoms with van der Waals surface area (Å²) in [5.74, 6) is 0.663. The van der Waals surface area contributed by atoms with E-state index in [9.17, 15) is 9.59 Å². The van der Waals surface area contributed by atoms with Crippen molar-refractivity contribution in [3.8, 4) is 6.01 Å². The number of ether oxygens (including phenoxy) is 1. The number of piperazine rings is 1. The number of hydrogen-bond donors (Lipinski definition) is 0. The lowest BCUT2D eigenvalue weighted by atomic mass is 10.0. The number of hydrogen-bond acceptors (Lipinski definition) is 8. The number of pyridine rings is 1. The van der Waals surface area contributed by atoms with Gasteiger partial charge in [0.2, 0.25) is 12.5 Å². The molecule has 0 radical (unpaired) electrons. The zero-order chi connectivity index (χ0) is 31.0. The zero-order valence-electron chi connectivity index (χ0n) is 25.8. The van der Waals surface area contributed by atoms with Crippen molar-refractivity contribution in [3.63, 3.8) is 0 Å². The molecule has 1 aliphatic carbocycles. The first-order chi connectivity index (χ1) is 21.2. The zero-order valence-corrected chi connectivity index (χ0v) is 25.8. The number of anilines is 2. The highest BCUT2D eigenvalue weighted by Crippen LogP contribution is 2.46. The molecule has 1 aromatic carbocycles. The lowest BCUT2D eigenvalue weighted by Crippen LogP contribution is -2.56. The van der Waals surface area contributed by atoms with Gasteiger partial charge in [-0.1, -0.05) is 18.7 Å². The minimum absolute atomic E-state index is 0.0234. The fraction of sp³-hybridized carbons (Fsp3) is 0.485. The molecule has 0 N–H and O–H groups in total. The molecule has 1 atom stereocenters. The largest absolute Gasteiger partial charge is 0.463 e. The maximum atomic E-state index is 13.2. The number of aryl methyl sites for hydroxylation is 1. The van der Waals surface area contributed by atoms with Crippen molar-refractivity contribution in [2.45, 2.75) is 31.8 Å². The first kappa shape index (κ1) is 29.6. The Labute approximate surface area is 258 Å². The van der Waals surface area contributed by atoms with Gasteiger partial charge >= 0.3 is 6.01 Å². The number of fused-ring (bicyclic) bond motifs is 2. The van der Waals surface area contributed by atoms with E-state index in [4.69, 9.17) is 21.3 Å². The third kappa shape index (κ3) is 5.74. The molecule has 3 aliphatic rings. The van der Waals surface area contributed by atoms with Crippen molar-refractivity contribution in [2.24, 2.45) is 12.5 Å². The molecule has 2 aromatic heterocycles. The smallest absolute Gasteiger partial charge is 0.318 e. The second-order valence-electron chi connectivity index (χ2n) is 12.6. The van der Waals surface area contributed by atoms with E-state index >= 15 is 0 Å². The van der Waals surface area contributed by atoms with Crippen LogP contribution in [-0.2, 0) is 24.8 Å². The molecule has 3 aromatic rings. The van der Waals surface area contributed by atoms with Crippen molar-refractivity contribution in [3.05, 3.63) is 76.1 Å². The Bertz CT molecular complexity index is 1690. The van der Waals surface area contributed by atoms with Crippen molar-refractivity contribution < 1.29 is 9.53 Å². The van der Waals surface area contributed by atoms with E-state index < -0.39 is 0 Å². The topological polar surface area (TPSA) is 91.4 Å². The predicted octanol–water partition coefficient (Wildman–Crippen LogP) is 2.73. The van der Waals surface area contributed by atoms with E-state index in [-0.39, 0.29) is 29.5 Å². The summed E-state index contributed by atoms with van der Waals surface area (Å²) in [6.45, 7) is 15.7. The van der Waals surface area contributed by atoms with Gasteiger partial charge in [-0.15, -0.1) is 0 Å². The molecule has 11 heteroatoms. The third-order valence-electron chi connectivity index (χ3n) is 9.11. The number of carbonyl (C=O) groups excluding carboxylic acids is 1. The molecule has 0 bridgehead atoms. The molecule has 2 fully saturated rings. The van der Waals surface area contributed by atoms with Crippen LogP contribution >= 0.6 is 0 Å². The van der Waals surface area contributed by atoms with E-state index in [1.165, 1.54) is 6.08 Å². The van der Waals surface area contributed by atoms with Crippen molar-refractivity contribution in [1.82, 2.24) is 24.3 Å². The molecule has 230 valence electrons. The van der Waals surface area contributed by atoms with Gasteiger partial charge in [0.15, 0.2) is 0 Å². The Morgan fingerprint density at radius 2 is 2.02 bits per heavy atom. The van der Waals surface area contributed by atoms with E-state index in [0.717, 1.165) is 47.5 Å². The van der Waals surface area contributed by atoms with Gasteiger partial charge in [0.1, 0.15) is 11.9 Å². The van der Waals surface area contributed by atoms with Crippen LogP contribution in [0.15, 0.2) is 47.9 Å². The molecule has 4 heterocycles. The van der Waals surface area contributed by atoms with Gasteiger partial charge in [-0.25, -0.2) is 6.57 Å². The van der Waals surface area contributed by atoms with Crippen LogP contribution in [0.5, 0.6) is 6.01 Å². The summed E-state index contributed by atoms with van der Waals surface area (Å²) in [6, 6.07) is 8.05. The molecular weight excluding hydrogens is 556 g/mol. The molecular formula is C33H40N8O3. The highest BCUT2D eigenvalue weighted by Gasteiger charge is 2.44. The SMILES string of the molecule is [C-]#[N+]CC1CN(c2nc(OCC3(CN(C)C)CC3)nc3c2CCN(c2cccc4ccn(C)c(=O)c24)C3)CCN1C(=O)C=C. The van der Waals surface area contributed by atoms with E-state index in [1.807, 2.05) is 24.3 Å². The average molecular weight is 597 g/mol. The fourth-order valence-electron chi connectivity index (χ4n) is 6.68. The second-order valence-corrected chi connectivity index (χ2v) is 12.6. The van der Waals surface area contributed by atoms with E-state index in [2.05, 4.69) is 40.2 Å². The Kier molecular flexibility index (Phi) is 8.03. The highest BCUT2D eigenvalue weighted by atomic mass is 16.5. The molecule has 1 unspecified atom stereocenters. The molecule has 6 rings (SSSR count). The summed E-state index contributed by atoms with van der Waals surface area (Å²) in [5.41, 5.74) is 2.93. The summed E-state index contributed by atoms with van der Waals surface area (Å²) >= 11 is 0. The average Bonchev–Trinajstić information content (AvgIpc) is 3.79. The van der Waals surface area contributed by atoms with Crippen LogP contribution in [-0.4, -0.2) is 96.3 Å². The van der Waals surface area contributed by atoms with Crippen LogP contribution in [0.3, 0.4) is 0 Å². The van der Waals surface area contributed by atoms with E-state index in [0.29, 0.717) is 57.1 Å². The summed E-state index contributed by atoms with van der Waals surface area (Å²) in [6.07, 6.45) is 6.05. The Morgan fingerprint density at radius 1 is 1.20 bits per heavy atom. The quantitative estimate of drug-likeness (QED) is 0.275. The second kappa shape index (κ2) is 11.9. The number of benzene rings is 1. The number of nitrogens with zero attached hydrogens (tertiary/aromatic N) is 8. The van der Waals surface area contributed by atoms with Gasteiger partial charge in [-0.3, -0.25) is 9.59 Å². The summed E-state index contributed by atoms with van der Waals surface area (Å²) in [4.78, 5) is 47.7. The lowest BCUT2D eigenvalue weighted by molar-refractivity contribution is -0.128. The fourth-order valence-corrected chi connectivity index (χ4v) is 6.68. The number of amides is 1. The maximum absolute atomic E-state index is 13.2. The third-order valence-corrected chi connectivity index (χ3v) is 9.11. The molecule has 11 nitrogen and oxygen atoms in total. The van der Waals surface area contributed by atoms with Crippen molar-refractivity contribution in [1.29, 1.82) is 0 Å². The van der Waals surface area contributed by atoms with Crippen LogP contribution in [0.1, 0.15) is 24.1 Å². The molecule has 0 spiro atoms.